The SMILES string of the molecule is O=C(c1ccc(Cl)s1)N1CCC(Oc2ccsc2)CC1. The molecule has 0 aromatic carbocycles. The predicted octanol–water partition coefficient (Wildman–Crippen LogP) is 4.15. The third kappa shape index (κ3) is 3.16. The molecule has 0 atom stereocenters. The van der Waals surface area contributed by atoms with Crippen LogP contribution in [0, 0.1) is 0 Å². The van der Waals surface area contributed by atoms with E-state index in [1.165, 1.54) is 11.3 Å². The minimum absolute atomic E-state index is 0.0795. The molecule has 2 aromatic rings. The van der Waals surface area contributed by atoms with Gasteiger partial charge in [0, 0.05) is 31.3 Å². The lowest BCUT2D eigenvalue weighted by atomic mass is 10.1. The van der Waals surface area contributed by atoms with Crippen molar-refractivity contribution in [2.75, 3.05) is 13.1 Å². The smallest absolute Gasteiger partial charge is 0.263 e. The molecule has 1 aliphatic rings. The number of likely N-dealkylation sites (tertiary alicyclic amines) is 1. The van der Waals surface area contributed by atoms with Crippen LogP contribution in [-0.4, -0.2) is 30.0 Å². The average Bonchev–Trinajstić information content (AvgIpc) is 3.10. The first-order valence-electron chi connectivity index (χ1n) is 6.46. The van der Waals surface area contributed by atoms with Crippen LogP contribution in [0.4, 0.5) is 0 Å². The summed E-state index contributed by atoms with van der Waals surface area (Å²) < 4.78 is 6.54. The third-order valence-corrected chi connectivity index (χ3v) is 5.19. The van der Waals surface area contributed by atoms with Crippen molar-refractivity contribution < 1.29 is 9.53 Å². The summed E-state index contributed by atoms with van der Waals surface area (Å²) >= 11 is 8.85. The molecular formula is C14H14ClNO2S2. The number of carbonyl (C=O) groups is 1. The highest BCUT2D eigenvalue weighted by atomic mass is 35.5. The first-order chi connectivity index (χ1) is 9.72. The van der Waals surface area contributed by atoms with Gasteiger partial charge >= 0.3 is 0 Å². The Balaban J connectivity index is 1.54. The van der Waals surface area contributed by atoms with Crippen molar-refractivity contribution in [1.29, 1.82) is 0 Å². The van der Waals surface area contributed by atoms with E-state index < -0.39 is 0 Å². The Morgan fingerprint density at radius 1 is 1.30 bits per heavy atom. The van der Waals surface area contributed by atoms with Crippen LogP contribution in [-0.2, 0) is 0 Å². The Morgan fingerprint density at radius 3 is 2.70 bits per heavy atom. The molecule has 0 radical (unpaired) electrons. The number of ether oxygens (including phenoxy) is 1. The van der Waals surface area contributed by atoms with Gasteiger partial charge in [-0.25, -0.2) is 0 Å². The average molecular weight is 328 g/mol. The zero-order valence-electron chi connectivity index (χ0n) is 10.8. The molecule has 3 rings (SSSR count). The fraction of sp³-hybridized carbons (Fsp3) is 0.357. The summed E-state index contributed by atoms with van der Waals surface area (Å²) in [4.78, 5) is 14.9. The lowest BCUT2D eigenvalue weighted by molar-refractivity contribution is 0.0601. The monoisotopic (exact) mass is 327 g/mol. The number of halogens is 1. The van der Waals surface area contributed by atoms with Crippen LogP contribution in [0.5, 0.6) is 5.75 Å². The van der Waals surface area contributed by atoms with Gasteiger partial charge in [-0.1, -0.05) is 11.6 Å². The molecule has 1 aliphatic heterocycles. The number of hydrogen-bond donors (Lipinski definition) is 0. The molecular weight excluding hydrogens is 314 g/mol. The normalized spacial score (nSPS) is 16.4. The molecule has 0 saturated carbocycles. The molecule has 3 heterocycles. The summed E-state index contributed by atoms with van der Waals surface area (Å²) in [6.07, 6.45) is 1.96. The molecule has 3 nitrogen and oxygen atoms in total. The summed E-state index contributed by atoms with van der Waals surface area (Å²) in [6, 6.07) is 5.55. The second-order valence-corrected chi connectivity index (χ2v) is 7.17. The standard InChI is InChI=1S/C14H14ClNO2S2/c15-13-2-1-12(20-13)14(17)16-6-3-10(4-7-16)18-11-5-8-19-9-11/h1-2,5,8-10H,3-4,6-7H2. The van der Waals surface area contributed by atoms with Crippen LogP contribution in [0.25, 0.3) is 0 Å². The van der Waals surface area contributed by atoms with Gasteiger partial charge in [0.25, 0.3) is 5.91 Å². The van der Waals surface area contributed by atoms with Gasteiger partial charge in [-0.15, -0.1) is 22.7 Å². The molecule has 0 spiro atoms. The van der Waals surface area contributed by atoms with E-state index in [0.717, 1.165) is 31.7 Å². The van der Waals surface area contributed by atoms with Crippen molar-refractivity contribution in [2.45, 2.75) is 18.9 Å². The Hall–Kier alpha value is -1.04. The fourth-order valence-electron chi connectivity index (χ4n) is 2.27. The number of hydrogen-bond acceptors (Lipinski definition) is 4. The van der Waals surface area contributed by atoms with E-state index >= 15 is 0 Å². The molecule has 2 aromatic heterocycles. The van der Waals surface area contributed by atoms with E-state index in [-0.39, 0.29) is 12.0 Å². The second kappa shape index (κ2) is 6.16. The molecule has 6 heteroatoms. The van der Waals surface area contributed by atoms with Crippen molar-refractivity contribution in [3.63, 3.8) is 0 Å². The van der Waals surface area contributed by atoms with E-state index in [0.29, 0.717) is 9.21 Å². The van der Waals surface area contributed by atoms with Crippen LogP contribution in [0.1, 0.15) is 22.5 Å². The van der Waals surface area contributed by atoms with Gasteiger partial charge in [0.2, 0.25) is 0 Å². The lowest BCUT2D eigenvalue weighted by Gasteiger charge is -2.31. The Bertz CT molecular complexity index is 574. The van der Waals surface area contributed by atoms with Crippen molar-refractivity contribution in [3.8, 4) is 5.75 Å². The molecule has 1 amide bonds. The quantitative estimate of drug-likeness (QED) is 0.847. The zero-order valence-corrected chi connectivity index (χ0v) is 13.1. The maximum atomic E-state index is 12.3. The molecule has 106 valence electrons. The lowest BCUT2D eigenvalue weighted by Crippen LogP contribution is -2.41. The highest BCUT2D eigenvalue weighted by Crippen LogP contribution is 2.25. The van der Waals surface area contributed by atoms with Gasteiger partial charge in [0.1, 0.15) is 11.9 Å². The highest BCUT2D eigenvalue weighted by Gasteiger charge is 2.25. The Kier molecular flexibility index (Phi) is 4.29. The molecule has 1 fully saturated rings. The number of thiophene rings is 2. The first kappa shape index (κ1) is 13.9. The van der Waals surface area contributed by atoms with Gasteiger partial charge in [0.05, 0.1) is 9.21 Å². The van der Waals surface area contributed by atoms with Crippen LogP contribution in [0.15, 0.2) is 29.0 Å². The van der Waals surface area contributed by atoms with Crippen LogP contribution < -0.4 is 4.74 Å². The molecule has 0 unspecified atom stereocenters. The summed E-state index contributed by atoms with van der Waals surface area (Å²) in [7, 11) is 0. The Labute approximate surface area is 130 Å². The maximum Gasteiger partial charge on any atom is 0.263 e. The fourth-order valence-corrected chi connectivity index (χ4v) is 3.84. The van der Waals surface area contributed by atoms with E-state index in [1.54, 1.807) is 23.5 Å². The van der Waals surface area contributed by atoms with Crippen LogP contribution in [0.3, 0.4) is 0 Å². The van der Waals surface area contributed by atoms with Crippen molar-refractivity contribution in [2.24, 2.45) is 0 Å². The minimum Gasteiger partial charge on any atom is -0.489 e. The van der Waals surface area contributed by atoms with Crippen molar-refractivity contribution in [1.82, 2.24) is 4.90 Å². The summed E-state index contributed by atoms with van der Waals surface area (Å²) in [5, 5.41) is 4.01. The highest BCUT2D eigenvalue weighted by molar-refractivity contribution is 7.18. The second-order valence-electron chi connectivity index (χ2n) is 4.67. The predicted molar refractivity (Wildman–Crippen MR) is 83.2 cm³/mol. The first-order valence-corrected chi connectivity index (χ1v) is 8.59. The topological polar surface area (TPSA) is 29.5 Å². The maximum absolute atomic E-state index is 12.3. The van der Waals surface area contributed by atoms with E-state index in [2.05, 4.69) is 0 Å². The summed E-state index contributed by atoms with van der Waals surface area (Å²) in [6.45, 7) is 1.48. The van der Waals surface area contributed by atoms with Gasteiger partial charge < -0.3 is 9.64 Å². The van der Waals surface area contributed by atoms with Crippen LogP contribution in [0.2, 0.25) is 4.34 Å². The van der Waals surface area contributed by atoms with Gasteiger partial charge in [-0.2, -0.15) is 0 Å². The van der Waals surface area contributed by atoms with Crippen molar-refractivity contribution in [3.05, 3.63) is 38.2 Å². The van der Waals surface area contributed by atoms with Crippen LogP contribution >= 0.6 is 34.3 Å². The molecule has 1 saturated heterocycles. The number of rotatable bonds is 3. The van der Waals surface area contributed by atoms with E-state index in [1.807, 2.05) is 21.7 Å². The van der Waals surface area contributed by atoms with Gasteiger partial charge in [-0.05, 0) is 23.6 Å². The number of piperidine rings is 1. The Morgan fingerprint density at radius 2 is 2.10 bits per heavy atom. The summed E-state index contributed by atoms with van der Waals surface area (Å²) in [5.74, 6) is 1.01. The van der Waals surface area contributed by atoms with Gasteiger partial charge in [-0.3, -0.25) is 4.79 Å². The number of carbonyl (C=O) groups excluding carboxylic acids is 1. The molecule has 20 heavy (non-hydrogen) atoms. The largest absolute Gasteiger partial charge is 0.489 e. The third-order valence-electron chi connectivity index (χ3n) is 3.31. The van der Waals surface area contributed by atoms with Crippen molar-refractivity contribution >= 4 is 40.2 Å². The van der Waals surface area contributed by atoms with Gasteiger partial charge in [0.15, 0.2) is 0 Å². The minimum atomic E-state index is 0.0795. The van der Waals surface area contributed by atoms with E-state index in [4.69, 9.17) is 16.3 Å². The molecule has 0 aliphatic carbocycles. The molecule has 0 bridgehead atoms. The zero-order chi connectivity index (χ0) is 13.9. The number of nitrogens with zero attached hydrogens (tertiary/aromatic N) is 1. The molecule has 0 N–H and O–H groups in total. The number of amides is 1. The van der Waals surface area contributed by atoms with E-state index in [9.17, 15) is 4.79 Å². The summed E-state index contributed by atoms with van der Waals surface area (Å²) in [5.41, 5.74) is 0.